The molecule has 1 aliphatic heterocycles. The molecule has 0 saturated heterocycles. The van der Waals surface area contributed by atoms with Crippen LogP contribution in [0.5, 0.6) is 0 Å². The first kappa shape index (κ1) is 19.2. The third-order valence-electron chi connectivity index (χ3n) is 5.03. The Bertz CT molecular complexity index is 1170. The van der Waals surface area contributed by atoms with Gasteiger partial charge in [-0.1, -0.05) is 49.4 Å². The van der Waals surface area contributed by atoms with Gasteiger partial charge in [0.2, 0.25) is 0 Å². The van der Waals surface area contributed by atoms with E-state index in [4.69, 9.17) is 5.26 Å². The molecule has 0 radical (unpaired) electrons. The molecule has 5 nitrogen and oxygen atoms in total. The number of nitrogens with zero attached hydrogens (tertiary/aromatic N) is 2. The molecular weight excluding hydrogens is 374 g/mol. The second-order valence-corrected chi connectivity index (χ2v) is 6.90. The molecule has 1 aliphatic rings. The highest BCUT2D eigenvalue weighted by atomic mass is 16.2. The van der Waals surface area contributed by atoms with Crippen LogP contribution in [0.3, 0.4) is 0 Å². The van der Waals surface area contributed by atoms with E-state index in [0.717, 1.165) is 17.0 Å². The van der Waals surface area contributed by atoms with Crippen LogP contribution in [0.4, 0.5) is 11.4 Å². The summed E-state index contributed by atoms with van der Waals surface area (Å²) in [4.78, 5) is 27.8. The van der Waals surface area contributed by atoms with Gasteiger partial charge < -0.3 is 5.32 Å². The van der Waals surface area contributed by atoms with Crippen LogP contribution >= 0.6 is 0 Å². The zero-order valence-corrected chi connectivity index (χ0v) is 16.4. The van der Waals surface area contributed by atoms with Gasteiger partial charge in [-0.25, -0.2) is 4.90 Å². The number of imide groups is 1. The van der Waals surface area contributed by atoms with Gasteiger partial charge in [0, 0.05) is 5.69 Å². The average molecular weight is 393 g/mol. The van der Waals surface area contributed by atoms with Gasteiger partial charge in [-0.15, -0.1) is 0 Å². The minimum absolute atomic E-state index is 0.236. The number of aryl methyl sites for hydroxylation is 1. The molecule has 5 heteroatoms. The highest BCUT2D eigenvalue weighted by molar-refractivity contribution is 6.46. The molecule has 0 bridgehead atoms. The number of hydrogen-bond acceptors (Lipinski definition) is 4. The third kappa shape index (κ3) is 3.47. The number of amides is 2. The Balaban J connectivity index is 1.77. The number of anilines is 2. The van der Waals surface area contributed by atoms with Crippen molar-refractivity contribution < 1.29 is 9.59 Å². The standard InChI is InChI=1S/C25H19N3O2/c1-2-17-8-12-20(13-9-17)27-23-22(19-6-4-3-5-7-19)24(29)28(25(23)30)21-14-10-18(16-26)11-15-21/h3-15,27H,2H2,1H3. The predicted molar refractivity (Wildman–Crippen MR) is 116 cm³/mol. The topological polar surface area (TPSA) is 73.2 Å². The van der Waals surface area contributed by atoms with E-state index in [9.17, 15) is 9.59 Å². The smallest absolute Gasteiger partial charge is 0.282 e. The lowest BCUT2D eigenvalue weighted by Gasteiger charge is -2.15. The molecule has 4 rings (SSSR count). The van der Waals surface area contributed by atoms with E-state index >= 15 is 0 Å². The lowest BCUT2D eigenvalue weighted by molar-refractivity contribution is -0.120. The SMILES string of the molecule is CCc1ccc(NC2=C(c3ccccc3)C(=O)N(c3ccc(C#N)cc3)C2=O)cc1. The fourth-order valence-electron chi connectivity index (χ4n) is 3.41. The zero-order chi connectivity index (χ0) is 21.1. The summed E-state index contributed by atoms with van der Waals surface area (Å²) in [5, 5.41) is 12.2. The summed E-state index contributed by atoms with van der Waals surface area (Å²) in [7, 11) is 0. The zero-order valence-electron chi connectivity index (χ0n) is 16.4. The third-order valence-corrected chi connectivity index (χ3v) is 5.03. The first-order valence-corrected chi connectivity index (χ1v) is 9.67. The van der Waals surface area contributed by atoms with E-state index in [1.54, 1.807) is 24.3 Å². The summed E-state index contributed by atoms with van der Waals surface area (Å²) in [5.74, 6) is -0.827. The summed E-state index contributed by atoms with van der Waals surface area (Å²) in [5.41, 5.74) is 4.03. The molecule has 0 spiro atoms. The summed E-state index contributed by atoms with van der Waals surface area (Å²) < 4.78 is 0. The minimum Gasteiger partial charge on any atom is -0.350 e. The van der Waals surface area contributed by atoms with Gasteiger partial charge in [0.05, 0.1) is 22.9 Å². The summed E-state index contributed by atoms with van der Waals surface area (Å²) in [6, 6.07) is 25.4. The number of nitriles is 1. The van der Waals surface area contributed by atoms with Crippen LogP contribution in [0.25, 0.3) is 5.57 Å². The van der Waals surface area contributed by atoms with Gasteiger partial charge >= 0.3 is 0 Å². The highest BCUT2D eigenvalue weighted by Gasteiger charge is 2.40. The number of carbonyl (C=O) groups excluding carboxylic acids is 2. The fourth-order valence-corrected chi connectivity index (χ4v) is 3.41. The van der Waals surface area contributed by atoms with Crippen LogP contribution in [-0.4, -0.2) is 11.8 Å². The second-order valence-electron chi connectivity index (χ2n) is 6.90. The Hall–Kier alpha value is -4.17. The Morgan fingerprint density at radius 1 is 0.867 bits per heavy atom. The Labute approximate surface area is 174 Å². The van der Waals surface area contributed by atoms with Crippen LogP contribution in [0, 0.1) is 11.3 Å². The van der Waals surface area contributed by atoms with Gasteiger partial charge in [0.1, 0.15) is 5.70 Å². The predicted octanol–water partition coefficient (Wildman–Crippen LogP) is 4.52. The molecular formula is C25H19N3O2. The number of hydrogen-bond donors (Lipinski definition) is 1. The lowest BCUT2D eigenvalue weighted by Crippen LogP contribution is -2.32. The number of carbonyl (C=O) groups is 2. The van der Waals surface area contributed by atoms with Crippen molar-refractivity contribution in [2.75, 3.05) is 10.2 Å². The summed E-state index contributed by atoms with van der Waals surface area (Å²) >= 11 is 0. The van der Waals surface area contributed by atoms with Crippen molar-refractivity contribution in [3.63, 3.8) is 0 Å². The van der Waals surface area contributed by atoms with Gasteiger partial charge in [-0.3, -0.25) is 9.59 Å². The molecule has 3 aromatic rings. The van der Waals surface area contributed by atoms with Gasteiger partial charge in [0.25, 0.3) is 11.8 Å². The fraction of sp³-hybridized carbons (Fsp3) is 0.0800. The lowest BCUT2D eigenvalue weighted by atomic mass is 10.0. The maximum absolute atomic E-state index is 13.3. The van der Waals surface area contributed by atoms with Crippen molar-refractivity contribution in [3.05, 3.63) is 101 Å². The Morgan fingerprint density at radius 3 is 2.13 bits per heavy atom. The Morgan fingerprint density at radius 2 is 1.53 bits per heavy atom. The largest absolute Gasteiger partial charge is 0.350 e. The van der Waals surface area contributed by atoms with E-state index in [1.807, 2.05) is 60.7 Å². The van der Waals surface area contributed by atoms with Crippen molar-refractivity contribution in [1.29, 1.82) is 5.26 Å². The Kier molecular flexibility index (Phi) is 5.15. The van der Waals surface area contributed by atoms with Crippen LogP contribution in [0.1, 0.15) is 23.6 Å². The van der Waals surface area contributed by atoms with E-state index in [2.05, 4.69) is 12.2 Å². The van der Waals surface area contributed by atoms with Crippen molar-refractivity contribution >= 4 is 28.8 Å². The van der Waals surface area contributed by atoms with E-state index in [0.29, 0.717) is 22.4 Å². The number of rotatable bonds is 5. The van der Waals surface area contributed by atoms with Crippen molar-refractivity contribution in [3.8, 4) is 6.07 Å². The van der Waals surface area contributed by atoms with Crippen molar-refractivity contribution in [1.82, 2.24) is 0 Å². The van der Waals surface area contributed by atoms with Gasteiger partial charge in [-0.2, -0.15) is 5.26 Å². The summed E-state index contributed by atoms with van der Waals surface area (Å²) in [6.45, 7) is 2.08. The molecule has 0 atom stereocenters. The average Bonchev–Trinajstić information content (AvgIpc) is 3.04. The molecule has 3 aromatic carbocycles. The number of benzene rings is 3. The molecule has 146 valence electrons. The summed E-state index contributed by atoms with van der Waals surface area (Å²) in [6.07, 6.45) is 0.919. The minimum atomic E-state index is -0.428. The molecule has 0 aromatic heterocycles. The second kappa shape index (κ2) is 8.06. The quantitative estimate of drug-likeness (QED) is 0.647. The maximum atomic E-state index is 13.3. The molecule has 2 amide bonds. The van der Waals surface area contributed by atoms with Crippen LogP contribution in [0.2, 0.25) is 0 Å². The van der Waals surface area contributed by atoms with Crippen LogP contribution in [0.15, 0.2) is 84.6 Å². The van der Waals surface area contributed by atoms with Crippen molar-refractivity contribution in [2.45, 2.75) is 13.3 Å². The van der Waals surface area contributed by atoms with E-state index in [-0.39, 0.29) is 5.70 Å². The monoisotopic (exact) mass is 393 g/mol. The molecule has 1 heterocycles. The van der Waals surface area contributed by atoms with E-state index in [1.165, 1.54) is 5.56 Å². The van der Waals surface area contributed by atoms with Gasteiger partial charge in [-0.05, 0) is 53.9 Å². The first-order valence-electron chi connectivity index (χ1n) is 9.67. The number of nitrogens with one attached hydrogen (secondary N) is 1. The van der Waals surface area contributed by atoms with Crippen LogP contribution < -0.4 is 10.2 Å². The molecule has 0 aliphatic carbocycles. The molecule has 1 N–H and O–H groups in total. The van der Waals surface area contributed by atoms with Crippen LogP contribution in [-0.2, 0) is 16.0 Å². The molecule has 30 heavy (non-hydrogen) atoms. The van der Waals surface area contributed by atoms with Gasteiger partial charge in [0.15, 0.2) is 0 Å². The molecule has 0 saturated carbocycles. The molecule has 0 fully saturated rings. The first-order chi connectivity index (χ1) is 14.6. The normalized spacial score (nSPS) is 13.5. The highest BCUT2D eigenvalue weighted by Crippen LogP contribution is 2.33. The molecule has 0 unspecified atom stereocenters. The van der Waals surface area contributed by atoms with Crippen molar-refractivity contribution in [2.24, 2.45) is 0 Å². The van der Waals surface area contributed by atoms with E-state index < -0.39 is 11.8 Å². The maximum Gasteiger partial charge on any atom is 0.282 e.